The molecule has 0 aromatic heterocycles. The molecule has 0 spiro atoms. The Kier molecular flexibility index (Phi) is 5.02. The Morgan fingerprint density at radius 1 is 1.30 bits per heavy atom. The van der Waals surface area contributed by atoms with Crippen LogP contribution in [-0.4, -0.2) is 24.2 Å². The molecule has 0 amide bonds. The Labute approximate surface area is 126 Å². The number of aromatic carboxylic acids is 1. The van der Waals surface area contributed by atoms with Gasteiger partial charge in [-0.2, -0.15) is 0 Å². The summed E-state index contributed by atoms with van der Waals surface area (Å²) in [6, 6.07) is 3.35. The monoisotopic (exact) mass is 343 g/mol. The lowest BCUT2D eigenvalue weighted by atomic mass is 10.1. The first-order valence-electron chi connectivity index (χ1n) is 6.96. The molecule has 3 nitrogen and oxygen atoms in total. The van der Waals surface area contributed by atoms with Crippen LogP contribution in [0.3, 0.4) is 0 Å². The molecule has 2 rings (SSSR count). The molecule has 1 fully saturated rings. The van der Waals surface area contributed by atoms with Crippen LogP contribution in [0.4, 0.5) is 10.1 Å². The van der Waals surface area contributed by atoms with Gasteiger partial charge in [-0.25, -0.2) is 9.18 Å². The highest BCUT2D eigenvalue weighted by Crippen LogP contribution is 2.32. The fraction of sp³-hybridized carbons (Fsp3) is 0.533. The van der Waals surface area contributed by atoms with Crippen LogP contribution in [0.25, 0.3) is 0 Å². The minimum Gasteiger partial charge on any atom is -0.478 e. The predicted molar refractivity (Wildman–Crippen MR) is 81.0 cm³/mol. The average Bonchev–Trinajstić information content (AvgIpc) is 2.69. The topological polar surface area (TPSA) is 40.5 Å². The molecule has 0 heterocycles. The van der Waals surface area contributed by atoms with Gasteiger partial charge in [-0.15, -0.1) is 0 Å². The van der Waals surface area contributed by atoms with E-state index in [1.807, 2.05) is 11.9 Å². The number of nitrogens with zero attached hydrogens (tertiary/aromatic N) is 1. The van der Waals surface area contributed by atoms with Crippen molar-refractivity contribution in [2.45, 2.75) is 44.6 Å². The molecule has 110 valence electrons. The summed E-state index contributed by atoms with van der Waals surface area (Å²) in [7, 11) is 1.89. The Bertz CT molecular complexity index is 499. The van der Waals surface area contributed by atoms with Crippen molar-refractivity contribution in [3.05, 3.63) is 28.0 Å². The number of carbonyl (C=O) groups is 1. The van der Waals surface area contributed by atoms with Crippen molar-refractivity contribution in [2.24, 2.45) is 0 Å². The third-order valence-corrected chi connectivity index (χ3v) is 4.82. The minimum absolute atomic E-state index is 0.0305. The first kappa shape index (κ1) is 15.3. The second-order valence-corrected chi connectivity index (χ2v) is 6.11. The van der Waals surface area contributed by atoms with Crippen molar-refractivity contribution in [2.75, 3.05) is 11.9 Å². The number of carboxylic acid groups (broad SMARTS) is 1. The molecule has 0 unspecified atom stereocenters. The first-order chi connectivity index (χ1) is 9.52. The molecule has 1 aliphatic carbocycles. The van der Waals surface area contributed by atoms with E-state index in [4.69, 9.17) is 5.11 Å². The van der Waals surface area contributed by atoms with Crippen molar-refractivity contribution >= 4 is 27.6 Å². The van der Waals surface area contributed by atoms with E-state index in [-0.39, 0.29) is 10.0 Å². The largest absolute Gasteiger partial charge is 0.478 e. The van der Waals surface area contributed by atoms with Crippen LogP contribution in [0, 0.1) is 5.82 Å². The lowest BCUT2D eigenvalue weighted by Gasteiger charge is -2.30. The van der Waals surface area contributed by atoms with Crippen molar-refractivity contribution in [3.63, 3.8) is 0 Å². The predicted octanol–water partition coefficient (Wildman–Crippen LogP) is 4.45. The van der Waals surface area contributed by atoms with E-state index in [2.05, 4.69) is 15.9 Å². The zero-order chi connectivity index (χ0) is 14.7. The summed E-state index contributed by atoms with van der Waals surface area (Å²) in [5.41, 5.74) is 0.425. The molecule has 20 heavy (non-hydrogen) atoms. The van der Waals surface area contributed by atoms with Gasteiger partial charge >= 0.3 is 5.97 Å². The Hall–Kier alpha value is -1.10. The Morgan fingerprint density at radius 2 is 1.90 bits per heavy atom. The highest BCUT2D eigenvalue weighted by molar-refractivity contribution is 9.10. The van der Waals surface area contributed by atoms with Crippen LogP contribution < -0.4 is 4.90 Å². The van der Waals surface area contributed by atoms with Crippen LogP contribution in [0.1, 0.15) is 48.9 Å². The van der Waals surface area contributed by atoms with E-state index < -0.39 is 11.8 Å². The maximum Gasteiger partial charge on any atom is 0.336 e. The summed E-state index contributed by atoms with van der Waals surface area (Å²) in [6.07, 6.45) is 6.96. The summed E-state index contributed by atoms with van der Waals surface area (Å²) < 4.78 is 14.4. The van der Waals surface area contributed by atoms with E-state index in [1.165, 1.54) is 31.7 Å². The molecule has 0 bridgehead atoms. The van der Waals surface area contributed by atoms with Crippen molar-refractivity contribution < 1.29 is 14.3 Å². The minimum atomic E-state index is -1.13. The van der Waals surface area contributed by atoms with Gasteiger partial charge in [0.05, 0.1) is 15.7 Å². The Morgan fingerprint density at radius 3 is 2.45 bits per heavy atom. The van der Waals surface area contributed by atoms with Crippen LogP contribution in [0.2, 0.25) is 0 Å². The SMILES string of the molecule is CN(c1ccc(C(=O)O)c(Br)c1F)C1CCCCCC1. The average molecular weight is 344 g/mol. The van der Waals surface area contributed by atoms with Gasteiger partial charge in [-0.05, 0) is 40.9 Å². The molecule has 1 aromatic carbocycles. The van der Waals surface area contributed by atoms with Gasteiger partial charge in [0.15, 0.2) is 5.82 Å². The van der Waals surface area contributed by atoms with Crippen LogP contribution in [0.5, 0.6) is 0 Å². The number of benzene rings is 1. The molecule has 1 saturated carbocycles. The third-order valence-electron chi connectivity index (χ3n) is 4.04. The number of rotatable bonds is 3. The van der Waals surface area contributed by atoms with Gasteiger partial charge in [-0.3, -0.25) is 0 Å². The fourth-order valence-corrected chi connectivity index (χ4v) is 3.32. The lowest BCUT2D eigenvalue weighted by molar-refractivity contribution is 0.0695. The van der Waals surface area contributed by atoms with Gasteiger partial charge in [0.25, 0.3) is 0 Å². The van der Waals surface area contributed by atoms with Gasteiger partial charge in [-0.1, -0.05) is 25.7 Å². The van der Waals surface area contributed by atoms with Crippen LogP contribution >= 0.6 is 15.9 Å². The van der Waals surface area contributed by atoms with Gasteiger partial charge in [0, 0.05) is 13.1 Å². The molecule has 1 aromatic rings. The van der Waals surface area contributed by atoms with Crippen LogP contribution in [-0.2, 0) is 0 Å². The van der Waals surface area contributed by atoms with Gasteiger partial charge in [0.2, 0.25) is 0 Å². The standard InChI is InChI=1S/C15H19BrFNO2/c1-18(10-6-4-2-3-5-7-10)12-9-8-11(15(19)20)13(16)14(12)17/h8-10H,2-7H2,1H3,(H,19,20). The van der Waals surface area contributed by atoms with E-state index >= 15 is 0 Å². The summed E-state index contributed by atoms with van der Waals surface area (Å²) >= 11 is 3.06. The summed E-state index contributed by atoms with van der Waals surface area (Å²) in [5.74, 6) is -1.61. The number of halogens is 2. The summed E-state index contributed by atoms with van der Waals surface area (Å²) in [5, 5.41) is 9.00. The number of hydrogen-bond acceptors (Lipinski definition) is 2. The quantitative estimate of drug-likeness (QED) is 0.824. The normalized spacial score (nSPS) is 16.8. The molecular formula is C15H19BrFNO2. The smallest absolute Gasteiger partial charge is 0.336 e. The molecule has 5 heteroatoms. The second-order valence-electron chi connectivity index (χ2n) is 5.32. The second kappa shape index (κ2) is 6.57. The molecular weight excluding hydrogens is 325 g/mol. The van der Waals surface area contributed by atoms with Crippen molar-refractivity contribution in [1.82, 2.24) is 0 Å². The van der Waals surface area contributed by atoms with E-state index in [9.17, 15) is 9.18 Å². The van der Waals surface area contributed by atoms with E-state index in [0.717, 1.165) is 12.8 Å². The molecule has 1 aliphatic rings. The van der Waals surface area contributed by atoms with E-state index in [1.54, 1.807) is 6.07 Å². The number of hydrogen-bond donors (Lipinski definition) is 1. The summed E-state index contributed by atoms with van der Waals surface area (Å²) in [6.45, 7) is 0. The highest BCUT2D eigenvalue weighted by Gasteiger charge is 2.23. The molecule has 0 radical (unpaired) electrons. The summed E-state index contributed by atoms with van der Waals surface area (Å²) in [4.78, 5) is 12.9. The highest BCUT2D eigenvalue weighted by atomic mass is 79.9. The maximum atomic E-state index is 14.4. The van der Waals surface area contributed by atoms with E-state index in [0.29, 0.717) is 11.7 Å². The zero-order valence-electron chi connectivity index (χ0n) is 11.5. The Balaban J connectivity index is 2.27. The zero-order valence-corrected chi connectivity index (χ0v) is 13.1. The third kappa shape index (κ3) is 3.14. The molecule has 0 saturated heterocycles. The van der Waals surface area contributed by atoms with Gasteiger partial charge < -0.3 is 10.0 Å². The maximum absolute atomic E-state index is 14.4. The molecule has 0 atom stereocenters. The van der Waals surface area contributed by atoms with Gasteiger partial charge in [0.1, 0.15) is 0 Å². The number of anilines is 1. The lowest BCUT2D eigenvalue weighted by Crippen LogP contribution is -2.32. The first-order valence-corrected chi connectivity index (χ1v) is 7.75. The fourth-order valence-electron chi connectivity index (χ4n) is 2.82. The van der Waals surface area contributed by atoms with Crippen molar-refractivity contribution in [1.29, 1.82) is 0 Å². The number of carboxylic acids is 1. The molecule has 1 N–H and O–H groups in total. The van der Waals surface area contributed by atoms with Crippen molar-refractivity contribution in [3.8, 4) is 0 Å². The molecule has 0 aliphatic heterocycles. The van der Waals surface area contributed by atoms with Crippen LogP contribution in [0.15, 0.2) is 16.6 Å².